The monoisotopic (exact) mass is 255 g/mol. The Morgan fingerprint density at radius 1 is 1.06 bits per heavy atom. The number of ether oxygens (including phenoxy) is 2. The van der Waals surface area contributed by atoms with Crippen molar-refractivity contribution in [1.82, 2.24) is 5.32 Å². The minimum Gasteiger partial charge on any atom is -0.381 e. The summed E-state index contributed by atoms with van der Waals surface area (Å²) in [5.41, 5.74) is 0. The third kappa shape index (κ3) is 5.68. The smallest absolute Gasteiger partial charge is 0.0506 e. The molecule has 2 saturated heterocycles. The highest BCUT2D eigenvalue weighted by atomic mass is 16.5. The van der Waals surface area contributed by atoms with Gasteiger partial charge >= 0.3 is 0 Å². The van der Waals surface area contributed by atoms with E-state index in [1.54, 1.807) is 0 Å². The molecule has 0 amide bonds. The standard InChI is InChI=1S/C15H29NO2/c1(4-14-6-10-17-11-7-14)2-9-18-13-15-5-3-8-16-12-15/h14-16H,1-13H2. The largest absolute Gasteiger partial charge is 0.381 e. The van der Waals surface area contributed by atoms with E-state index in [2.05, 4.69) is 5.32 Å². The van der Waals surface area contributed by atoms with Gasteiger partial charge in [0, 0.05) is 26.4 Å². The lowest BCUT2D eigenvalue weighted by atomic mass is 9.94. The molecule has 1 atom stereocenters. The van der Waals surface area contributed by atoms with Gasteiger partial charge in [0.2, 0.25) is 0 Å². The maximum absolute atomic E-state index is 5.80. The summed E-state index contributed by atoms with van der Waals surface area (Å²) in [5, 5.41) is 3.44. The molecule has 3 heteroatoms. The molecule has 0 radical (unpaired) electrons. The molecule has 0 spiro atoms. The van der Waals surface area contributed by atoms with E-state index in [0.717, 1.165) is 44.8 Å². The Morgan fingerprint density at radius 2 is 1.94 bits per heavy atom. The minimum absolute atomic E-state index is 0.759. The average Bonchev–Trinajstić information content (AvgIpc) is 2.45. The maximum atomic E-state index is 5.80. The van der Waals surface area contributed by atoms with Crippen molar-refractivity contribution in [2.75, 3.05) is 39.5 Å². The van der Waals surface area contributed by atoms with Gasteiger partial charge in [0.1, 0.15) is 0 Å². The second-order valence-corrected chi connectivity index (χ2v) is 5.84. The average molecular weight is 255 g/mol. The van der Waals surface area contributed by atoms with Crippen molar-refractivity contribution in [1.29, 1.82) is 0 Å². The van der Waals surface area contributed by atoms with Crippen molar-refractivity contribution in [2.24, 2.45) is 11.8 Å². The third-order valence-corrected chi connectivity index (χ3v) is 4.24. The van der Waals surface area contributed by atoms with Crippen LogP contribution in [0.4, 0.5) is 0 Å². The zero-order chi connectivity index (χ0) is 12.5. The summed E-state index contributed by atoms with van der Waals surface area (Å²) in [6.07, 6.45) is 9.14. The summed E-state index contributed by atoms with van der Waals surface area (Å²) in [6.45, 7) is 6.24. The molecule has 0 aliphatic carbocycles. The van der Waals surface area contributed by atoms with E-state index >= 15 is 0 Å². The molecular weight excluding hydrogens is 226 g/mol. The van der Waals surface area contributed by atoms with Gasteiger partial charge in [-0.3, -0.25) is 0 Å². The van der Waals surface area contributed by atoms with Crippen molar-refractivity contribution in [2.45, 2.75) is 44.9 Å². The Kier molecular flexibility index (Phi) is 7.06. The van der Waals surface area contributed by atoms with Gasteiger partial charge in [-0.1, -0.05) is 12.8 Å². The molecule has 0 saturated carbocycles. The quantitative estimate of drug-likeness (QED) is 0.709. The topological polar surface area (TPSA) is 30.5 Å². The van der Waals surface area contributed by atoms with E-state index in [1.807, 2.05) is 0 Å². The highest BCUT2D eigenvalue weighted by Gasteiger charge is 2.14. The Labute approximate surface area is 112 Å². The highest BCUT2D eigenvalue weighted by molar-refractivity contribution is 4.68. The first kappa shape index (κ1) is 14.3. The van der Waals surface area contributed by atoms with Crippen LogP contribution in [0.1, 0.15) is 44.9 Å². The molecule has 0 bridgehead atoms. The summed E-state index contributed by atoms with van der Waals surface area (Å²) in [7, 11) is 0. The van der Waals surface area contributed by atoms with Gasteiger partial charge in [-0.2, -0.15) is 0 Å². The number of hydrogen-bond acceptors (Lipinski definition) is 3. The van der Waals surface area contributed by atoms with Crippen LogP contribution in [0, 0.1) is 11.8 Å². The van der Waals surface area contributed by atoms with Gasteiger partial charge in [-0.05, 0) is 50.5 Å². The molecule has 1 unspecified atom stereocenters. The van der Waals surface area contributed by atoms with E-state index < -0.39 is 0 Å². The van der Waals surface area contributed by atoms with Gasteiger partial charge in [0.25, 0.3) is 0 Å². The predicted octanol–water partition coefficient (Wildman–Crippen LogP) is 2.60. The molecule has 106 valence electrons. The molecule has 1 N–H and O–H groups in total. The number of rotatable bonds is 7. The highest BCUT2D eigenvalue weighted by Crippen LogP contribution is 2.20. The lowest BCUT2D eigenvalue weighted by molar-refractivity contribution is 0.0598. The second kappa shape index (κ2) is 8.89. The van der Waals surface area contributed by atoms with Gasteiger partial charge in [-0.25, -0.2) is 0 Å². The molecule has 0 aromatic rings. The molecule has 0 aromatic carbocycles. The zero-order valence-corrected chi connectivity index (χ0v) is 11.7. The first-order valence-corrected chi connectivity index (χ1v) is 7.81. The lowest BCUT2D eigenvalue weighted by Crippen LogP contribution is -2.32. The molecular formula is C15H29NO2. The summed E-state index contributed by atoms with van der Waals surface area (Å²) in [5.74, 6) is 1.68. The van der Waals surface area contributed by atoms with E-state index in [0.29, 0.717) is 0 Å². The van der Waals surface area contributed by atoms with Crippen LogP contribution in [0.5, 0.6) is 0 Å². The van der Waals surface area contributed by atoms with Crippen molar-refractivity contribution in [3.05, 3.63) is 0 Å². The molecule has 2 aliphatic heterocycles. The summed E-state index contributed by atoms with van der Waals surface area (Å²) < 4.78 is 11.2. The fourth-order valence-corrected chi connectivity index (χ4v) is 2.99. The Hall–Kier alpha value is -0.120. The molecule has 0 aromatic heterocycles. The molecule has 2 rings (SSSR count). The summed E-state index contributed by atoms with van der Waals surface area (Å²) in [4.78, 5) is 0. The van der Waals surface area contributed by atoms with Gasteiger partial charge in [0.15, 0.2) is 0 Å². The zero-order valence-electron chi connectivity index (χ0n) is 11.7. The van der Waals surface area contributed by atoms with Crippen molar-refractivity contribution in [3.8, 4) is 0 Å². The van der Waals surface area contributed by atoms with Crippen LogP contribution in [0.3, 0.4) is 0 Å². The molecule has 2 heterocycles. The normalized spacial score (nSPS) is 26.3. The maximum Gasteiger partial charge on any atom is 0.0506 e. The summed E-state index contributed by atoms with van der Waals surface area (Å²) in [6, 6.07) is 0. The molecule has 18 heavy (non-hydrogen) atoms. The number of hydrogen-bond donors (Lipinski definition) is 1. The molecule has 2 fully saturated rings. The van der Waals surface area contributed by atoms with Crippen LogP contribution < -0.4 is 5.32 Å². The Morgan fingerprint density at radius 3 is 2.72 bits per heavy atom. The van der Waals surface area contributed by atoms with Crippen LogP contribution in [-0.4, -0.2) is 39.5 Å². The Bertz CT molecular complexity index is 177. The van der Waals surface area contributed by atoms with Gasteiger partial charge < -0.3 is 14.8 Å². The lowest BCUT2D eigenvalue weighted by Gasteiger charge is -2.23. The van der Waals surface area contributed by atoms with Crippen molar-refractivity contribution >= 4 is 0 Å². The molecule has 3 nitrogen and oxygen atoms in total. The van der Waals surface area contributed by atoms with Crippen LogP contribution >= 0.6 is 0 Å². The molecule has 2 aliphatic rings. The van der Waals surface area contributed by atoms with E-state index in [9.17, 15) is 0 Å². The van der Waals surface area contributed by atoms with Gasteiger partial charge in [-0.15, -0.1) is 0 Å². The van der Waals surface area contributed by atoms with Crippen molar-refractivity contribution < 1.29 is 9.47 Å². The van der Waals surface area contributed by atoms with Crippen LogP contribution in [0.25, 0.3) is 0 Å². The fraction of sp³-hybridized carbons (Fsp3) is 1.00. The number of unbranched alkanes of at least 4 members (excludes halogenated alkanes) is 1. The number of piperidine rings is 1. The predicted molar refractivity (Wildman–Crippen MR) is 73.8 cm³/mol. The van der Waals surface area contributed by atoms with Crippen molar-refractivity contribution in [3.63, 3.8) is 0 Å². The SMILES string of the molecule is C(CCC1CCOCC1)COCC1CCCNC1. The van der Waals surface area contributed by atoms with E-state index in [1.165, 1.54) is 51.5 Å². The third-order valence-electron chi connectivity index (χ3n) is 4.24. The second-order valence-electron chi connectivity index (χ2n) is 5.84. The first-order valence-electron chi connectivity index (χ1n) is 7.81. The Balaban J connectivity index is 1.39. The van der Waals surface area contributed by atoms with Gasteiger partial charge in [0.05, 0.1) is 6.61 Å². The van der Waals surface area contributed by atoms with Crippen LogP contribution in [0.2, 0.25) is 0 Å². The van der Waals surface area contributed by atoms with E-state index in [-0.39, 0.29) is 0 Å². The fourth-order valence-electron chi connectivity index (χ4n) is 2.99. The van der Waals surface area contributed by atoms with Crippen LogP contribution in [-0.2, 0) is 9.47 Å². The van der Waals surface area contributed by atoms with Crippen LogP contribution in [0.15, 0.2) is 0 Å². The summed E-state index contributed by atoms with van der Waals surface area (Å²) >= 11 is 0. The first-order chi connectivity index (χ1) is 8.95. The number of nitrogens with one attached hydrogen (secondary N) is 1. The van der Waals surface area contributed by atoms with E-state index in [4.69, 9.17) is 9.47 Å². The minimum atomic E-state index is 0.759.